The Bertz CT molecular complexity index is 189. The van der Waals surface area contributed by atoms with Gasteiger partial charge < -0.3 is 15.4 Å². The van der Waals surface area contributed by atoms with E-state index in [2.05, 4.69) is 10.6 Å². The zero-order chi connectivity index (χ0) is 11.1. The molecule has 2 N–H and O–H groups in total. The van der Waals surface area contributed by atoms with E-state index in [0.29, 0.717) is 19.1 Å². The van der Waals surface area contributed by atoms with Crippen LogP contribution in [0.25, 0.3) is 0 Å². The van der Waals surface area contributed by atoms with Crippen molar-refractivity contribution in [2.75, 3.05) is 19.7 Å². The topological polar surface area (TPSA) is 50.4 Å². The van der Waals surface area contributed by atoms with Crippen LogP contribution in [0.4, 0.5) is 0 Å². The Balaban J connectivity index is 2.06. The second-order valence-corrected chi connectivity index (χ2v) is 4.28. The lowest BCUT2D eigenvalue weighted by atomic mass is 10.1. The number of piperidine rings is 1. The Morgan fingerprint density at radius 1 is 1.60 bits per heavy atom. The molecule has 0 aromatic rings. The number of ether oxygens (including phenoxy) is 1. The van der Waals surface area contributed by atoms with Crippen LogP contribution < -0.4 is 10.6 Å². The van der Waals surface area contributed by atoms with Crippen molar-refractivity contribution in [2.45, 2.75) is 45.3 Å². The Labute approximate surface area is 91.8 Å². The highest BCUT2D eigenvalue weighted by Crippen LogP contribution is 2.01. The molecule has 0 radical (unpaired) electrons. The van der Waals surface area contributed by atoms with Gasteiger partial charge in [-0.25, -0.2) is 0 Å². The van der Waals surface area contributed by atoms with Gasteiger partial charge in [0.2, 0.25) is 5.91 Å². The van der Waals surface area contributed by atoms with E-state index < -0.39 is 0 Å². The van der Waals surface area contributed by atoms with E-state index in [0.717, 1.165) is 25.9 Å². The summed E-state index contributed by atoms with van der Waals surface area (Å²) in [6.45, 7) is 6.44. The van der Waals surface area contributed by atoms with Gasteiger partial charge in [-0.05, 0) is 33.2 Å². The minimum absolute atomic E-state index is 0.101. The van der Waals surface area contributed by atoms with Crippen molar-refractivity contribution in [1.82, 2.24) is 10.6 Å². The van der Waals surface area contributed by atoms with Gasteiger partial charge in [-0.2, -0.15) is 0 Å². The lowest BCUT2D eigenvalue weighted by Gasteiger charge is -2.23. The standard InChI is InChI=1S/C11H22N2O2/c1-9(2)15-7-5-11(14)13-10-4-3-6-12-8-10/h9-10,12H,3-8H2,1-2H3,(H,13,14). The van der Waals surface area contributed by atoms with Gasteiger partial charge >= 0.3 is 0 Å². The van der Waals surface area contributed by atoms with E-state index in [4.69, 9.17) is 4.74 Å². The van der Waals surface area contributed by atoms with Crippen molar-refractivity contribution in [2.24, 2.45) is 0 Å². The molecular weight excluding hydrogens is 192 g/mol. The molecule has 1 saturated heterocycles. The number of amides is 1. The van der Waals surface area contributed by atoms with Crippen LogP contribution in [0.15, 0.2) is 0 Å². The molecule has 1 fully saturated rings. The lowest BCUT2D eigenvalue weighted by Crippen LogP contribution is -2.45. The average Bonchev–Trinajstić information content (AvgIpc) is 2.18. The Hall–Kier alpha value is -0.610. The van der Waals surface area contributed by atoms with Crippen LogP contribution >= 0.6 is 0 Å². The summed E-state index contributed by atoms with van der Waals surface area (Å²) in [5.74, 6) is 0.101. The third kappa shape index (κ3) is 5.74. The van der Waals surface area contributed by atoms with Gasteiger partial charge in [0.05, 0.1) is 12.7 Å². The summed E-state index contributed by atoms with van der Waals surface area (Å²) in [7, 11) is 0. The maximum Gasteiger partial charge on any atom is 0.222 e. The molecule has 4 nitrogen and oxygen atoms in total. The molecule has 4 heteroatoms. The lowest BCUT2D eigenvalue weighted by molar-refractivity contribution is -0.123. The van der Waals surface area contributed by atoms with Gasteiger partial charge in [0.15, 0.2) is 0 Å². The SMILES string of the molecule is CC(C)OCCC(=O)NC1CCCNC1. The molecule has 1 aliphatic rings. The van der Waals surface area contributed by atoms with Gasteiger partial charge in [0, 0.05) is 19.0 Å². The summed E-state index contributed by atoms with van der Waals surface area (Å²) in [4.78, 5) is 11.5. The van der Waals surface area contributed by atoms with Crippen LogP contribution in [0.5, 0.6) is 0 Å². The molecule has 1 unspecified atom stereocenters. The molecule has 0 aliphatic carbocycles. The predicted molar refractivity (Wildman–Crippen MR) is 59.7 cm³/mol. The predicted octanol–water partition coefficient (Wildman–Crippen LogP) is 0.670. The smallest absolute Gasteiger partial charge is 0.222 e. The molecule has 1 aliphatic heterocycles. The average molecular weight is 214 g/mol. The summed E-state index contributed by atoms with van der Waals surface area (Å²) in [5.41, 5.74) is 0. The first-order valence-corrected chi connectivity index (χ1v) is 5.80. The fourth-order valence-electron chi connectivity index (χ4n) is 1.66. The normalized spacial score (nSPS) is 21.7. The molecular formula is C11H22N2O2. The van der Waals surface area contributed by atoms with Crippen molar-refractivity contribution in [1.29, 1.82) is 0 Å². The van der Waals surface area contributed by atoms with Crippen molar-refractivity contribution in [3.05, 3.63) is 0 Å². The maximum absolute atomic E-state index is 11.5. The van der Waals surface area contributed by atoms with E-state index in [1.807, 2.05) is 13.8 Å². The van der Waals surface area contributed by atoms with Crippen molar-refractivity contribution < 1.29 is 9.53 Å². The van der Waals surface area contributed by atoms with Gasteiger partial charge in [-0.1, -0.05) is 0 Å². The van der Waals surface area contributed by atoms with E-state index in [-0.39, 0.29) is 12.0 Å². The van der Waals surface area contributed by atoms with Crippen LogP contribution in [0, 0.1) is 0 Å². The Morgan fingerprint density at radius 2 is 2.40 bits per heavy atom. The summed E-state index contributed by atoms with van der Waals surface area (Å²) in [6.07, 6.45) is 2.90. The minimum atomic E-state index is 0.101. The molecule has 1 rings (SSSR count). The largest absolute Gasteiger partial charge is 0.378 e. The van der Waals surface area contributed by atoms with Crippen LogP contribution in [-0.2, 0) is 9.53 Å². The highest BCUT2D eigenvalue weighted by atomic mass is 16.5. The maximum atomic E-state index is 11.5. The molecule has 1 heterocycles. The molecule has 1 atom stereocenters. The Morgan fingerprint density at radius 3 is 3.00 bits per heavy atom. The molecule has 0 saturated carbocycles. The summed E-state index contributed by atoms with van der Waals surface area (Å²) >= 11 is 0. The minimum Gasteiger partial charge on any atom is -0.378 e. The number of hydrogen-bond acceptors (Lipinski definition) is 3. The number of rotatable bonds is 5. The fourth-order valence-corrected chi connectivity index (χ4v) is 1.66. The first-order chi connectivity index (χ1) is 7.18. The molecule has 0 bridgehead atoms. The molecule has 15 heavy (non-hydrogen) atoms. The molecule has 1 amide bonds. The van der Waals surface area contributed by atoms with Gasteiger partial charge in [0.25, 0.3) is 0 Å². The molecule has 0 spiro atoms. The zero-order valence-electron chi connectivity index (χ0n) is 9.71. The van der Waals surface area contributed by atoms with E-state index in [1.54, 1.807) is 0 Å². The highest BCUT2D eigenvalue weighted by molar-refractivity contribution is 5.76. The third-order valence-electron chi connectivity index (χ3n) is 2.44. The van der Waals surface area contributed by atoms with Gasteiger partial charge in [-0.15, -0.1) is 0 Å². The highest BCUT2D eigenvalue weighted by Gasteiger charge is 2.14. The van der Waals surface area contributed by atoms with Crippen LogP contribution in [0.2, 0.25) is 0 Å². The Kier molecular flexibility index (Phi) is 5.65. The van der Waals surface area contributed by atoms with Crippen LogP contribution in [0.1, 0.15) is 33.1 Å². The monoisotopic (exact) mass is 214 g/mol. The quantitative estimate of drug-likeness (QED) is 0.707. The van der Waals surface area contributed by atoms with Crippen molar-refractivity contribution in [3.63, 3.8) is 0 Å². The number of hydrogen-bond donors (Lipinski definition) is 2. The molecule has 0 aromatic heterocycles. The van der Waals surface area contributed by atoms with Crippen molar-refractivity contribution in [3.8, 4) is 0 Å². The second-order valence-electron chi connectivity index (χ2n) is 4.28. The summed E-state index contributed by atoms with van der Waals surface area (Å²) in [6, 6.07) is 0.310. The van der Waals surface area contributed by atoms with Crippen molar-refractivity contribution >= 4 is 5.91 Å². The van der Waals surface area contributed by atoms with E-state index in [1.165, 1.54) is 0 Å². The molecule has 88 valence electrons. The van der Waals surface area contributed by atoms with Crippen LogP contribution in [0.3, 0.4) is 0 Å². The third-order valence-corrected chi connectivity index (χ3v) is 2.44. The number of carbonyl (C=O) groups is 1. The molecule has 0 aromatic carbocycles. The fraction of sp³-hybridized carbons (Fsp3) is 0.909. The second kappa shape index (κ2) is 6.80. The van der Waals surface area contributed by atoms with E-state index >= 15 is 0 Å². The first kappa shape index (κ1) is 12.5. The first-order valence-electron chi connectivity index (χ1n) is 5.80. The van der Waals surface area contributed by atoms with Gasteiger partial charge in [-0.3, -0.25) is 4.79 Å². The van der Waals surface area contributed by atoms with Crippen LogP contribution in [-0.4, -0.2) is 37.7 Å². The zero-order valence-corrected chi connectivity index (χ0v) is 9.71. The number of carbonyl (C=O) groups excluding carboxylic acids is 1. The van der Waals surface area contributed by atoms with E-state index in [9.17, 15) is 4.79 Å². The van der Waals surface area contributed by atoms with Gasteiger partial charge in [0.1, 0.15) is 0 Å². The summed E-state index contributed by atoms with van der Waals surface area (Å²) in [5, 5.41) is 6.28. The summed E-state index contributed by atoms with van der Waals surface area (Å²) < 4.78 is 5.33. The number of nitrogens with one attached hydrogen (secondary N) is 2.